The quantitative estimate of drug-likeness (QED) is 0.881. The maximum absolute atomic E-state index is 9.97. The van der Waals surface area contributed by atoms with Gasteiger partial charge in [0, 0.05) is 20.6 Å². The number of hydrogen-bond acceptors (Lipinski definition) is 3. The molecule has 5 heteroatoms. The van der Waals surface area contributed by atoms with Crippen LogP contribution < -0.4 is 0 Å². The van der Waals surface area contributed by atoms with Crippen LogP contribution in [0.3, 0.4) is 0 Å². The Labute approximate surface area is 109 Å². The lowest BCUT2D eigenvalue weighted by molar-refractivity contribution is 0.183. The first-order chi connectivity index (χ1) is 7.16. The molecule has 0 aliphatic heterocycles. The number of hydrogen-bond donors (Lipinski definition) is 1. The van der Waals surface area contributed by atoms with Crippen LogP contribution in [0.5, 0.6) is 0 Å². The van der Waals surface area contributed by atoms with Gasteiger partial charge in [-0.05, 0) is 39.5 Å². The Balaban J connectivity index is 2.10. The molecule has 2 heterocycles. The highest BCUT2D eigenvalue weighted by Crippen LogP contribution is 2.32. The van der Waals surface area contributed by atoms with Gasteiger partial charge in [-0.15, -0.1) is 22.7 Å². The largest absolute Gasteiger partial charge is 0.387 e. The second-order valence-corrected chi connectivity index (χ2v) is 6.66. The van der Waals surface area contributed by atoms with Crippen molar-refractivity contribution in [2.24, 2.45) is 0 Å². The lowest BCUT2D eigenvalue weighted by Crippen LogP contribution is -1.97. The third kappa shape index (κ3) is 2.82. The SMILES string of the molecule is OC(Cc1sccc1Br)c1ccc(Cl)s1. The first-order valence-electron chi connectivity index (χ1n) is 4.32. The van der Waals surface area contributed by atoms with Crippen LogP contribution in [0, 0.1) is 0 Å². The van der Waals surface area contributed by atoms with E-state index in [1.807, 2.05) is 23.6 Å². The number of thiophene rings is 2. The van der Waals surface area contributed by atoms with Crippen LogP contribution in [-0.4, -0.2) is 5.11 Å². The lowest BCUT2D eigenvalue weighted by Gasteiger charge is -2.06. The Morgan fingerprint density at radius 3 is 2.73 bits per heavy atom. The van der Waals surface area contributed by atoms with E-state index in [0.717, 1.165) is 14.2 Å². The normalized spacial score (nSPS) is 13.0. The molecule has 0 aromatic carbocycles. The molecular formula is C10H8BrClOS2. The summed E-state index contributed by atoms with van der Waals surface area (Å²) in [4.78, 5) is 2.08. The summed E-state index contributed by atoms with van der Waals surface area (Å²) in [6.07, 6.45) is 0.173. The number of rotatable bonds is 3. The van der Waals surface area contributed by atoms with Gasteiger partial charge >= 0.3 is 0 Å². The van der Waals surface area contributed by atoms with Gasteiger partial charge in [0.15, 0.2) is 0 Å². The zero-order valence-corrected chi connectivity index (χ0v) is 11.6. The molecule has 1 unspecified atom stereocenters. The van der Waals surface area contributed by atoms with E-state index in [9.17, 15) is 5.11 Å². The summed E-state index contributed by atoms with van der Waals surface area (Å²) < 4.78 is 1.78. The van der Waals surface area contributed by atoms with Gasteiger partial charge in [-0.25, -0.2) is 0 Å². The minimum atomic E-state index is -0.461. The summed E-state index contributed by atoms with van der Waals surface area (Å²) in [6, 6.07) is 5.68. The Morgan fingerprint density at radius 1 is 1.40 bits per heavy atom. The predicted octanol–water partition coefficient (Wildman–Crippen LogP) is 4.50. The van der Waals surface area contributed by atoms with Gasteiger partial charge < -0.3 is 5.11 Å². The highest BCUT2D eigenvalue weighted by molar-refractivity contribution is 9.10. The number of halogens is 2. The van der Waals surface area contributed by atoms with E-state index < -0.39 is 6.10 Å². The van der Waals surface area contributed by atoms with Gasteiger partial charge in [-0.3, -0.25) is 0 Å². The minimum absolute atomic E-state index is 0.461. The summed E-state index contributed by atoms with van der Waals surface area (Å²) >= 11 is 12.3. The maximum atomic E-state index is 9.97. The Hall–Kier alpha value is 0.130. The molecule has 0 radical (unpaired) electrons. The molecule has 0 spiro atoms. The molecule has 0 aliphatic rings. The first-order valence-corrected chi connectivity index (χ1v) is 7.18. The third-order valence-corrected chi connectivity index (χ3v) is 5.27. The van der Waals surface area contributed by atoms with Crippen molar-refractivity contribution < 1.29 is 5.11 Å². The van der Waals surface area contributed by atoms with E-state index in [-0.39, 0.29) is 0 Å². The average molecular weight is 324 g/mol. The van der Waals surface area contributed by atoms with E-state index in [1.165, 1.54) is 11.3 Å². The molecule has 2 aromatic rings. The topological polar surface area (TPSA) is 20.2 Å². The predicted molar refractivity (Wildman–Crippen MR) is 70.0 cm³/mol. The molecule has 80 valence electrons. The van der Waals surface area contributed by atoms with Crippen molar-refractivity contribution in [3.05, 3.63) is 42.1 Å². The Kier molecular flexibility index (Phi) is 3.85. The maximum Gasteiger partial charge on any atom is 0.0932 e. The molecule has 0 fully saturated rings. The van der Waals surface area contributed by atoms with Gasteiger partial charge in [0.25, 0.3) is 0 Å². The zero-order valence-electron chi connectivity index (χ0n) is 7.61. The molecule has 1 nitrogen and oxygen atoms in total. The van der Waals surface area contributed by atoms with E-state index in [2.05, 4.69) is 15.9 Å². The molecule has 0 amide bonds. The number of aliphatic hydroxyl groups excluding tert-OH is 1. The molecule has 0 bridgehead atoms. The first kappa shape index (κ1) is 11.6. The molecule has 2 rings (SSSR count). The molecule has 1 N–H and O–H groups in total. The summed E-state index contributed by atoms with van der Waals surface area (Å²) in [7, 11) is 0. The highest BCUT2D eigenvalue weighted by Gasteiger charge is 2.13. The Bertz CT molecular complexity index is 452. The van der Waals surface area contributed by atoms with Gasteiger partial charge in [0.1, 0.15) is 0 Å². The van der Waals surface area contributed by atoms with Gasteiger partial charge in [-0.2, -0.15) is 0 Å². The van der Waals surface area contributed by atoms with Crippen molar-refractivity contribution >= 4 is 50.2 Å². The highest BCUT2D eigenvalue weighted by atomic mass is 79.9. The molecule has 15 heavy (non-hydrogen) atoms. The van der Waals surface area contributed by atoms with Crippen molar-refractivity contribution in [1.82, 2.24) is 0 Å². The Morgan fingerprint density at radius 2 is 2.20 bits per heavy atom. The van der Waals surface area contributed by atoms with E-state index in [1.54, 1.807) is 11.3 Å². The molecule has 0 aliphatic carbocycles. The van der Waals surface area contributed by atoms with Gasteiger partial charge in [-0.1, -0.05) is 11.6 Å². The van der Waals surface area contributed by atoms with Crippen LogP contribution in [0.1, 0.15) is 15.9 Å². The van der Waals surface area contributed by atoms with Gasteiger partial charge in [0.05, 0.1) is 10.4 Å². The van der Waals surface area contributed by atoms with Crippen LogP contribution in [0.25, 0.3) is 0 Å². The zero-order chi connectivity index (χ0) is 10.8. The van der Waals surface area contributed by atoms with Crippen LogP contribution in [-0.2, 0) is 6.42 Å². The molecule has 0 saturated carbocycles. The van der Waals surface area contributed by atoms with Crippen LogP contribution in [0.4, 0.5) is 0 Å². The monoisotopic (exact) mass is 322 g/mol. The van der Waals surface area contributed by atoms with Crippen molar-refractivity contribution in [3.63, 3.8) is 0 Å². The molecule has 0 saturated heterocycles. The molecular weight excluding hydrogens is 316 g/mol. The van der Waals surface area contributed by atoms with Crippen LogP contribution in [0.15, 0.2) is 28.1 Å². The van der Waals surface area contributed by atoms with Crippen molar-refractivity contribution in [1.29, 1.82) is 0 Å². The van der Waals surface area contributed by atoms with E-state index in [0.29, 0.717) is 10.8 Å². The second kappa shape index (κ2) is 4.97. The fourth-order valence-corrected chi connectivity index (χ4v) is 3.85. The molecule has 1 atom stereocenters. The number of aliphatic hydroxyl groups is 1. The summed E-state index contributed by atoms with van der Waals surface area (Å²) in [5.41, 5.74) is 0. The summed E-state index contributed by atoms with van der Waals surface area (Å²) in [6.45, 7) is 0. The standard InChI is InChI=1S/C10H8BrClOS2/c11-6-3-4-14-9(6)5-7(13)8-1-2-10(12)15-8/h1-4,7,13H,5H2. The smallest absolute Gasteiger partial charge is 0.0932 e. The minimum Gasteiger partial charge on any atom is -0.387 e. The lowest BCUT2D eigenvalue weighted by atomic mass is 10.2. The van der Waals surface area contributed by atoms with Crippen LogP contribution >= 0.6 is 50.2 Å². The average Bonchev–Trinajstić information content (AvgIpc) is 2.77. The second-order valence-electron chi connectivity index (χ2n) is 3.05. The van der Waals surface area contributed by atoms with Crippen molar-refractivity contribution in [2.75, 3.05) is 0 Å². The van der Waals surface area contributed by atoms with Crippen molar-refractivity contribution in [3.8, 4) is 0 Å². The fraction of sp³-hybridized carbons (Fsp3) is 0.200. The van der Waals surface area contributed by atoms with Crippen LogP contribution in [0.2, 0.25) is 4.34 Å². The molecule has 2 aromatic heterocycles. The fourth-order valence-electron chi connectivity index (χ4n) is 1.25. The van der Waals surface area contributed by atoms with Crippen molar-refractivity contribution in [2.45, 2.75) is 12.5 Å². The van der Waals surface area contributed by atoms with E-state index >= 15 is 0 Å². The van der Waals surface area contributed by atoms with E-state index in [4.69, 9.17) is 11.6 Å². The summed E-state index contributed by atoms with van der Waals surface area (Å²) in [5, 5.41) is 12.0. The summed E-state index contributed by atoms with van der Waals surface area (Å²) in [5.74, 6) is 0. The third-order valence-electron chi connectivity index (χ3n) is 1.99. The van der Waals surface area contributed by atoms with Gasteiger partial charge in [0.2, 0.25) is 0 Å².